The van der Waals surface area contributed by atoms with Crippen LogP contribution in [0.5, 0.6) is 0 Å². The van der Waals surface area contributed by atoms with Gasteiger partial charge in [0.15, 0.2) is 0 Å². The molecule has 0 fully saturated rings. The fraction of sp³-hybridized carbons (Fsp3) is 0.500. The molecule has 4 heteroatoms. The lowest BCUT2D eigenvalue weighted by Crippen LogP contribution is -2.04. The van der Waals surface area contributed by atoms with Crippen molar-refractivity contribution in [3.05, 3.63) is 23.8 Å². The highest BCUT2D eigenvalue weighted by molar-refractivity contribution is 7.98. The fourth-order valence-corrected chi connectivity index (χ4v) is 2.22. The molecule has 0 aromatic heterocycles. The maximum atomic E-state index is 8.82. The van der Waals surface area contributed by atoms with Gasteiger partial charge in [0.2, 0.25) is 0 Å². The Morgan fingerprint density at radius 2 is 2.06 bits per heavy atom. The van der Waals surface area contributed by atoms with Gasteiger partial charge in [0.05, 0.1) is 23.0 Å². The summed E-state index contributed by atoms with van der Waals surface area (Å²) in [5.74, 6) is 1.25. The zero-order valence-electron chi connectivity index (χ0n) is 10.9. The summed E-state index contributed by atoms with van der Waals surface area (Å²) in [6.45, 7) is 0.915. The third-order valence-electron chi connectivity index (χ3n) is 2.77. The number of thioether (sulfide) groups is 1. The van der Waals surface area contributed by atoms with E-state index >= 15 is 0 Å². The molecule has 18 heavy (non-hydrogen) atoms. The molecule has 0 bridgehead atoms. The normalized spacial score (nSPS) is 10.0. The quantitative estimate of drug-likeness (QED) is 0.557. The molecular weight excluding hydrogens is 242 g/mol. The first-order valence-corrected chi connectivity index (χ1v) is 7.69. The maximum Gasteiger partial charge on any atom is 0.0992 e. The molecule has 3 nitrogen and oxygen atoms in total. The van der Waals surface area contributed by atoms with Crippen LogP contribution in [-0.4, -0.2) is 18.6 Å². The number of hydrogen-bond donors (Lipinski definition) is 2. The molecule has 0 aliphatic carbocycles. The highest BCUT2D eigenvalue weighted by atomic mass is 32.2. The van der Waals surface area contributed by atoms with Crippen LogP contribution in [-0.2, 0) is 0 Å². The zero-order valence-corrected chi connectivity index (χ0v) is 11.7. The second kappa shape index (κ2) is 8.71. The topological polar surface area (TPSA) is 61.8 Å². The minimum Gasteiger partial charge on any atom is -0.397 e. The largest absolute Gasteiger partial charge is 0.397 e. The van der Waals surface area contributed by atoms with Crippen LogP contribution < -0.4 is 11.1 Å². The lowest BCUT2D eigenvalue weighted by molar-refractivity contribution is 0.689. The molecule has 0 aliphatic rings. The molecule has 98 valence electrons. The van der Waals surface area contributed by atoms with Gasteiger partial charge in [-0.25, -0.2) is 0 Å². The first-order valence-electron chi connectivity index (χ1n) is 6.30. The summed E-state index contributed by atoms with van der Waals surface area (Å²) in [4.78, 5) is 0. The summed E-state index contributed by atoms with van der Waals surface area (Å²) >= 11 is 1.91. The predicted molar refractivity (Wildman–Crippen MR) is 80.9 cm³/mol. The van der Waals surface area contributed by atoms with Gasteiger partial charge in [-0.2, -0.15) is 17.0 Å². The summed E-state index contributed by atoms with van der Waals surface area (Å²) in [5, 5.41) is 12.1. The predicted octanol–water partition coefficient (Wildman–Crippen LogP) is 3.48. The summed E-state index contributed by atoms with van der Waals surface area (Å²) in [6.07, 6.45) is 7.12. The van der Waals surface area contributed by atoms with E-state index in [1.807, 2.05) is 17.8 Å². The SMILES string of the molecule is CSCCCCCCNc1cc(C#N)ccc1N. The molecule has 0 amide bonds. The molecule has 0 atom stereocenters. The van der Waals surface area contributed by atoms with E-state index in [1.165, 1.54) is 25.0 Å². The molecule has 0 radical (unpaired) electrons. The van der Waals surface area contributed by atoms with Crippen molar-refractivity contribution in [2.24, 2.45) is 0 Å². The van der Waals surface area contributed by atoms with Crippen molar-refractivity contribution in [2.45, 2.75) is 25.7 Å². The molecule has 0 aliphatic heterocycles. The summed E-state index contributed by atoms with van der Waals surface area (Å²) in [6, 6.07) is 7.45. The Bertz CT molecular complexity index is 399. The molecule has 3 N–H and O–H groups in total. The smallest absolute Gasteiger partial charge is 0.0992 e. The molecule has 0 unspecified atom stereocenters. The van der Waals surface area contributed by atoms with Crippen LogP contribution in [0, 0.1) is 11.3 Å². The molecule has 0 saturated heterocycles. The minimum absolute atomic E-state index is 0.645. The number of unbranched alkanes of at least 4 members (excludes halogenated alkanes) is 3. The van der Waals surface area contributed by atoms with Crippen LogP contribution in [0.1, 0.15) is 31.2 Å². The van der Waals surface area contributed by atoms with Crippen molar-refractivity contribution in [2.75, 3.05) is 29.6 Å². The van der Waals surface area contributed by atoms with E-state index in [0.29, 0.717) is 11.3 Å². The number of hydrogen-bond acceptors (Lipinski definition) is 4. The number of nitrogens with zero attached hydrogens (tertiary/aromatic N) is 1. The Kier molecular flexibility index (Phi) is 7.12. The third kappa shape index (κ3) is 5.33. The van der Waals surface area contributed by atoms with E-state index in [1.54, 1.807) is 12.1 Å². The Morgan fingerprint density at radius 3 is 2.78 bits per heavy atom. The fourth-order valence-electron chi connectivity index (χ4n) is 1.73. The van der Waals surface area contributed by atoms with E-state index in [0.717, 1.165) is 18.7 Å². The number of nitriles is 1. The number of nitrogens with one attached hydrogen (secondary N) is 1. The first-order chi connectivity index (χ1) is 8.77. The van der Waals surface area contributed by atoms with Crippen LogP contribution in [0.15, 0.2) is 18.2 Å². The van der Waals surface area contributed by atoms with Gasteiger partial charge in [0, 0.05) is 6.54 Å². The van der Waals surface area contributed by atoms with Crippen molar-refractivity contribution < 1.29 is 0 Å². The van der Waals surface area contributed by atoms with Gasteiger partial charge in [-0.05, 0) is 43.0 Å². The van der Waals surface area contributed by atoms with Gasteiger partial charge in [0.1, 0.15) is 0 Å². The minimum atomic E-state index is 0.645. The van der Waals surface area contributed by atoms with Crippen molar-refractivity contribution in [3.8, 4) is 6.07 Å². The summed E-state index contributed by atoms with van der Waals surface area (Å²) < 4.78 is 0. The summed E-state index contributed by atoms with van der Waals surface area (Å²) in [7, 11) is 0. The molecule has 0 heterocycles. The highest BCUT2D eigenvalue weighted by Gasteiger charge is 2.00. The maximum absolute atomic E-state index is 8.82. The average molecular weight is 263 g/mol. The Hall–Kier alpha value is -1.34. The Labute approximate surface area is 114 Å². The second-order valence-corrected chi connectivity index (χ2v) is 5.23. The Balaban J connectivity index is 2.25. The van der Waals surface area contributed by atoms with E-state index < -0.39 is 0 Å². The second-order valence-electron chi connectivity index (χ2n) is 4.25. The molecule has 0 saturated carbocycles. The molecular formula is C14H21N3S. The zero-order chi connectivity index (χ0) is 13.2. The van der Waals surface area contributed by atoms with Gasteiger partial charge in [-0.3, -0.25) is 0 Å². The van der Waals surface area contributed by atoms with Gasteiger partial charge < -0.3 is 11.1 Å². The van der Waals surface area contributed by atoms with Gasteiger partial charge in [0.25, 0.3) is 0 Å². The average Bonchev–Trinajstić information content (AvgIpc) is 2.39. The highest BCUT2D eigenvalue weighted by Crippen LogP contribution is 2.19. The van der Waals surface area contributed by atoms with Crippen molar-refractivity contribution in [1.29, 1.82) is 5.26 Å². The Morgan fingerprint density at radius 1 is 1.28 bits per heavy atom. The molecule has 1 rings (SSSR count). The number of nitrogens with two attached hydrogens (primary N) is 1. The number of anilines is 2. The van der Waals surface area contributed by atoms with E-state index in [4.69, 9.17) is 11.0 Å². The molecule has 0 spiro atoms. The van der Waals surface area contributed by atoms with Crippen molar-refractivity contribution >= 4 is 23.1 Å². The van der Waals surface area contributed by atoms with E-state index in [2.05, 4.69) is 17.6 Å². The van der Waals surface area contributed by atoms with Gasteiger partial charge in [-0.1, -0.05) is 12.8 Å². The lowest BCUT2D eigenvalue weighted by Gasteiger charge is -2.09. The standard InChI is InChI=1S/C14H21N3S/c1-18-9-5-3-2-4-8-17-14-10-12(11-15)6-7-13(14)16/h6-7,10,17H,2-5,8-9,16H2,1H3. The van der Waals surface area contributed by atoms with Gasteiger partial charge in [-0.15, -0.1) is 0 Å². The third-order valence-corrected chi connectivity index (χ3v) is 3.47. The van der Waals surface area contributed by atoms with Crippen molar-refractivity contribution in [3.63, 3.8) is 0 Å². The number of nitrogen functional groups attached to an aromatic ring is 1. The van der Waals surface area contributed by atoms with Crippen LogP contribution in [0.2, 0.25) is 0 Å². The number of rotatable bonds is 8. The van der Waals surface area contributed by atoms with Crippen molar-refractivity contribution in [1.82, 2.24) is 0 Å². The van der Waals surface area contributed by atoms with E-state index in [9.17, 15) is 0 Å². The van der Waals surface area contributed by atoms with Crippen LogP contribution >= 0.6 is 11.8 Å². The first kappa shape index (κ1) is 14.7. The van der Waals surface area contributed by atoms with Gasteiger partial charge >= 0.3 is 0 Å². The van der Waals surface area contributed by atoms with E-state index in [-0.39, 0.29) is 0 Å². The molecule has 1 aromatic rings. The lowest BCUT2D eigenvalue weighted by atomic mass is 10.1. The van der Waals surface area contributed by atoms with Crippen LogP contribution in [0.25, 0.3) is 0 Å². The molecule has 1 aromatic carbocycles. The van der Waals surface area contributed by atoms with Crippen LogP contribution in [0.3, 0.4) is 0 Å². The summed E-state index contributed by atoms with van der Waals surface area (Å²) in [5.41, 5.74) is 8.07. The van der Waals surface area contributed by atoms with Crippen LogP contribution in [0.4, 0.5) is 11.4 Å². The monoisotopic (exact) mass is 263 g/mol. The number of benzene rings is 1.